The molecule has 1 fully saturated rings. The molecule has 0 aliphatic heterocycles. The highest BCUT2D eigenvalue weighted by atomic mass is 16.1. The fraction of sp³-hybridized carbons (Fsp3) is 0.385. The van der Waals surface area contributed by atoms with Crippen LogP contribution in [0, 0.1) is 0 Å². The van der Waals surface area contributed by atoms with Crippen molar-refractivity contribution in [2.24, 2.45) is 0 Å². The van der Waals surface area contributed by atoms with Gasteiger partial charge in [-0.3, -0.25) is 9.59 Å². The monoisotopic (exact) mass is 217 g/mol. The van der Waals surface area contributed by atoms with E-state index in [2.05, 4.69) is 5.32 Å². The molecule has 0 amide bonds. The van der Waals surface area contributed by atoms with Gasteiger partial charge in [0.05, 0.1) is 6.04 Å². The molecule has 0 radical (unpaired) electrons. The maximum absolute atomic E-state index is 12.0. The van der Waals surface area contributed by atoms with E-state index >= 15 is 0 Å². The number of nitrogens with one attached hydrogen (secondary N) is 1. The Kier molecular flexibility index (Phi) is 3.15. The molecule has 84 valence electrons. The normalized spacial score (nSPS) is 16.8. The van der Waals surface area contributed by atoms with E-state index in [-0.39, 0.29) is 11.8 Å². The van der Waals surface area contributed by atoms with Crippen LogP contribution in [0.15, 0.2) is 24.3 Å². The summed E-state index contributed by atoms with van der Waals surface area (Å²) in [5, 5.41) is 3.25. The Labute approximate surface area is 94.9 Å². The van der Waals surface area contributed by atoms with Crippen LogP contribution in [0.3, 0.4) is 0 Å². The fourth-order valence-corrected chi connectivity index (χ4v) is 1.69. The second-order valence-electron chi connectivity index (χ2n) is 4.27. The van der Waals surface area contributed by atoms with Gasteiger partial charge in [0.2, 0.25) is 0 Å². The van der Waals surface area contributed by atoms with Crippen LogP contribution in [0.25, 0.3) is 0 Å². The third-order valence-corrected chi connectivity index (χ3v) is 2.76. The van der Waals surface area contributed by atoms with Crippen LogP contribution >= 0.6 is 0 Å². The van der Waals surface area contributed by atoms with Gasteiger partial charge in [-0.05, 0) is 25.8 Å². The van der Waals surface area contributed by atoms with Crippen LogP contribution in [0.5, 0.6) is 0 Å². The zero-order valence-corrected chi connectivity index (χ0v) is 9.27. The van der Waals surface area contributed by atoms with Gasteiger partial charge < -0.3 is 5.32 Å². The highest BCUT2D eigenvalue weighted by Gasteiger charge is 2.26. The standard InChI is InChI=1S/C13H15NO2/c1-9(14-12-5-6-12)13(16)11-4-2-3-10(7-11)8-15/h2-4,7-9,12,14H,5-6H2,1H3. The van der Waals surface area contributed by atoms with Crippen molar-refractivity contribution in [3.05, 3.63) is 35.4 Å². The van der Waals surface area contributed by atoms with E-state index in [9.17, 15) is 9.59 Å². The van der Waals surface area contributed by atoms with Gasteiger partial charge in [0.15, 0.2) is 5.78 Å². The van der Waals surface area contributed by atoms with Crippen LogP contribution in [0.4, 0.5) is 0 Å². The molecule has 16 heavy (non-hydrogen) atoms. The molecule has 1 aromatic carbocycles. The molecule has 1 aromatic rings. The molecule has 1 unspecified atom stereocenters. The lowest BCUT2D eigenvalue weighted by atomic mass is 10.0. The molecule has 1 aliphatic rings. The third kappa shape index (κ3) is 2.55. The van der Waals surface area contributed by atoms with Gasteiger partial charge in [-0.15, -0.1) is 0 Å². The Balaban J connectivity index is 2.08. The molecule has 0 bridgehead atoms. The van der Waals surface area contributed by atoms with Crippen molar-refractivity contribution in [2.75, 3.05) is 0 Å². The van der Waals surface area contributed by atoms with Crippen molar-refractivity contribution in [1.82, 2.24) is 5.32 Å². The lowest BCUT2D eigenvalue weighted by Crippen LogP contribution is -2.35. The Bertz CT molecular complexity index is 410. The Morgan fingerprint density at radius 3 is 2.88 bits per heavy atom. The molecule has 0 heterocycles. The van der Waals surface area contributed by atoms with Crippen LogP contribution in [0.2, 0.25) is 0 Å². The van der Waals surface area contributed by atoms with Crippen molar-refractivity contribution in [3.8, 4) is 0 Å². The number of hydrogen-bond donors (Lipinski definition) is 1. The number of aldehydes is 1. The average molecular weight is 217 g/mol. The molecule has 2 rings (SSSR count). The summed E-state index contributed by atoms with van der Waals surface area (Å²) >= 11 is 0. The zero-order chi connectivity index (χ0) is 11.5. The summed E-state index contributed by atoms with van der Waals surface area (Å²) in [6.45, 7) is 1.87. The number of hydrogen-bond acceptors (Lipinski definition) is 3. The van der Waals surface area contributed by atoms with Gasteiger partial charge in [-0.2, -0.15) is 0 Å². The van der Waals surface area contributed by atoms with E-state index in [0.717, 1.165) is 19.1 Å². The number of ketones is 1. The summed E-state index contributed by atoms with van der Waals surface area (Å²) in [6, 6.07) is 7.16. The van der Waals surface area contributed by atoms with Crippen LogP contribution < -0.4 is 5.32 Å². The second-order valence-corrected chi connectivity index (χ2v) is 4.27. The molecule has 0 aromatic heterocycles. The van der Waals surface area contributed by atoms with Gasteiger partial charge in [-0.25, -0.2) is 0 Å². The van der Waals surface area contributed by atoms with Crippen LogP contribution in [0.1, 0.15) is 40.5 Å². The minimum Gasteiger partial charge on any atom is -0.305 e. The molecule has 1 aliphatic carbocycles. The summed E-state index contributed by atoms with van der Waals surface area (Å²) in [7, 11) is 0. The number of carbonyl (C=O) groups is 2. The van der Waals surface area contributed by atoms with Gasteiger partial charge >= 0.3 is 0 Å². The van der Waals surface area contributed by atoms with Gasteiger partial charge in [0.1, 0.15) is 6.29 Å². The Hall–Kier alpha value is -1.48. The average Bonchev–Trinajstić information content (AvgIpc) is 3.12. The van der Waals surface area contributed by atoms with Crippen LogP contribution in [-0.4, -0.2) is 24.2 Å². The number of benzene rings is 1. The molecule has 1 atom stereocenters. The summed E-state index contributed by atoms with van der Waals surface area (Å²) in [5.74, 6) is 0.0515. The number of Topliss-reactive ketones (excluding diaryl/α,β-unsaturated/α-hetero) is 1. The van der Waals surface area contributed by atoms with Crippen LogP contribution in [-0.2, 0) is 0 Å². The van der Waals surface area contributed by atoms with Gasteiger partial charge in [0.25, 0.3) is 0 Å². The molecular weight excluding hydrogens is 202 g/mol. The summed E-state index contributed by atoms with van der Waals surface area (Å²) < 4.78 is 0. The number of rotatable bonds is 5. The van der Waals surface area contributed by atoms with E-state index < -0.39 is 0 Å². The Morgan fingerprint density at radius 2 is 2.25 bits per heavy atom. The van der Waals surface area contributed by atoms with Crippen molar-refractivity contribution < 1.29 is 9.59 Å². The molecular formula is C13H15NO2. The van der Waals surface area contributed by atoms with E-state index in [1.54, 1.807) is 24.3 Å². The number of carbonyl (C=O) groups excluding carboxylic acids is 2. The third-order valence-electron chi connectivity index (χ3n) is 2.76. The Morgan fingerprint density at radius 1 is 1.50 bits per heavy atom. The first kappa shape index (κ1) is 11.0. The largest absolute Gasteiger partial charge is 0.305 e. The summed E-state index contributed by atoms with van der Waals surface area (Å²) in [6.07, 6.45) is 3.08. The molecule has 0 saturated heterocycles. The highest BCUT2D eigenvalue weighted by molar-refractivity contribution is 6.00. The first-order valence-corrected chi connectivity index (χ1v) is 5.56. The van der Waals surface area contributed by atoms with E-state index in [4.69, 9.17) is 0 Å². The van der Waals surface area contributed by atoms with Gasteiger partial charge in [-0.1, -0.05) is 18.2 Å². The van der Waals surface area contributed by atoms with Gasteiger partial charge in [0, 0.05) is 17.2 Å². The minimum atomic E-state index is -0.172. The maximum atomic E-state index is 12.0. The lowest BCUT2D eigenvalue weighted by Gasteiger charge is -2.12. The molecule has 3 nitrogen and oxygen atoms in total. The van der Waals surface area contributed by atoms with Crippen molar-refractivity contribution in [2.45, 2.75) is 31.8 Å². The second kappa shape index (κ2) is 4.58. The van der Waals surface area contributed by atoms with E-state index in [1.807, 2.05) is 6.92 Å². The SMILES string of the molecule is CC(NC1CC1)C(=O)c1cccc(C=O)c1. The quantitative estimate of drug-likeness (QED) is 0.604. The fourth-order valence-electron chi connectivity index (χ4n) is 1.69. The predicted octanol–water partition coefficient (Wildman–Crippen LogP) is 1.82. The highest BCUT2D eigenvalue weighted by Crippen LogP contribution is 2.20. The first-order chi connectivity index (χ1) is 7.70. The minimum absolute atomic E-state index is 0.0515. The molecule has 1 N–H and O–H groups in total. The van der Waals surface area contributed by atoms with Crippen molar-refractivity contribution >= 4 is 12.1 Å². The van der Waals surface area contributed by atoms with Crippen molar-refractivity contribution in [3.63, 3.8) is 0 Å². The van der Waals surface area contributed by atoms with E-state index in [1.165, 1.54) is 0 Å². The topological polar surface area (TPSA) is 46.2 Å². The predicted molar refractivity (Wildman–Crippen MR) is 61.8 cm³/mol. The zero-order valence-electron chi connectivity index (χ0n) is 9.27. The van der Waals surface area contributed by atoms with E-state index in [0.29, 0.717) is 17.2 Å². The smallest absolute Gasteiger partial charge is 0.179 e. The molecule has 0 spiro atoms. The molecule has 1 saturated carbocycles. The summed E-state index contributed by atoms with van der Waals surface area (Å²) in [5.41, 5.74) is 1.15. The maximum Gasteiger partial charge on any atom is 0.179 e. The van der Waals surface area contributed by atoms with Crippen molar-refractivity contribution in [1.29, 1.82) is 0 Å². The molecule has 3 heteroatoms. The summed E-state index contributed by atoms with van der Waals surface area (Å²) in [4.78, 5) is 22.6. The first-order valence-electron chi connectivity index (χ1n) is 5.56. The lowest BCUT2D eigenvalue weighted by molar-refractivity contribution is 0.0950.